The number of nitrogens with zero attached hydrogens (tertiary/aromatic N) is 6. The van der Waals surface area contributed by atoms with E-state index in [2.05, 4.69) is 25.9 Å². The van der Waals surface area contributed by atoms with E-state index < -0.39 is 0 Å². The largest absolute Gasteiger partial charge is 0.310 e. The first-order chi connectivity index (χ1) is 14.2. The number of nitrogens with one attached hydrogen (secondary N) is 1. The van der Waals surface area contributed by atoms with Gasteiger partial charge in [-0.15, -0.1) is 5.10 Å². The molecule has 10 heteroatoms. The lowest BCUT2D eigenvalue weighted by Gasteiger charge is -2.09. The number of hydrogen-bond acceptors (Lipinski definition) is 6. The quantitative estimate of drug-likeness (QED) is 0.457. The second-order valence-corrected chi connectivity index (χ2v) is 7.43. The normalized spacial score (nSPS) is 10.8. The van der Waals surface area contributed by atoms with Crippen LogP contribution < -0.4 is 5.32 Å². The summed E-state index contributed by atoms with van der Waals surface area (Å²) < 4.78 is 3.31. The number of tetrazole rings is 1. The molecule has 4 aromatic rings. The van der Waals surface area contributed by atoms with Crippen LogP contribution in [0.25, 0.3) is 5.69 Å². The summed E-state index contributed by atoms with van der Waals surface area (Å²) in [5, 5.41) is 20.0. The fourth-order valence-electron chi connectivity index (χ4n) is 2.68. The van der Waals surface area contributed by atoms with E-state index in [0.717, 1.165) is 11.3 Å². The molecule has 2 heterocycles. The van der Waals surface area contributed by atoms with E-state index >= 15 is 0 Å². The van der Waals surface area contributed by atoms with Gasteiger partial charge >= 0.3 is 0 Å². The number of anilines is 1. The van der Waals surface area contributed by atoms with E-state index in [1.807, 2.05) is 54.6 Å². The van der Waals surface area contributed by atoms with E-state index in [9.17, 15) is 4.79 Å². The first kappa shape index (κ1) is 19.2. The minimum atomic E-state index is -0.176. The summed E-state index contributed by atoms with van der Waals surface area (Å²) in [5.41, 5.74) is 1.83. The lowest BCUT2D eigenvalue weighted by Crippen LogP contribution is -2.18. The van der Waals surface area contributed by atoms with Crippen LogP contribution in [0.5, 0.6) is 0 Å². The fourth-order valence-corrected chi connectivity index (χ4v) is 3.59. The van der Waals surface area contributed by atoms with Crippen LogP contribution in [0.15, 0.2) is 72.0 Å². The number of benzene rings is 2. The maximum atomic E-state index is 12.4. The molecular weight excluding hydrogens is 410 g/mol. The Morgan fingerprint density at radius 3 is 2.79 bits per heavy atom. The predicted molar refractivity (Wildman–Crippen MR) is 111 cm³/mol. The van der Waals surface area contributed by atoms with Crippen molar-refractivity contribution in [3.8, 4) is 5.69 Å². The van der Waals surface area contributed by atoms with Crippen LogP contribution in [0.1, 0.15) is 5.56 Å². The van der Waals surface area contributed by atoms with Gasteiger partial charge in [0.15, 0.2) is 0 Å². The Hall–Kier alpha value is -3.17. The molecule has 2 aromatic carbocycles. The molecule has 0 aliphatic carbocycles. The molecule has 0 fully saturated rings. The highest BCUT2D eigenvalue weighted by atomic mass is 35.5. The Labute approximate surface area is 175 Å². The van der Waals surface area contributed by atoms with Gasteiger partial charge in [-0.05, 0) is 40.3 Å². The van der Waals surface area contributed by atoms with Crippen molar-refractivity contribution in [3.63, 3.8) is 0 Å². The van der Waals surface area contributed by atoms with Crippen LogP contribution in [0.4, 0.5) is 5.82 Å². The third-order valence-corrected chi connectivity index (χ3v) is 5.13. The molecule has 0 radical (unpaired) electrons. The van der Waals surface area contributed by atoms with Gasteiger partial charge < -0.3 is 5.32 Å². The van der Waals surface area contributed by atoms with Crippen molar-refractivity contribution in [1.29, 1.82) is 0 Å². The van der Waals surface area contributed by atoms with E-state index in [1.54, 1.807) is 21.6 Å². The summed E-state index contributed by atoms with van der Waals surface area (Å²) >= 11 is 7.29. The van der Waals surface area contributed by atoms with Gasteiger partial charge in [-0.2, -0.15) is 9.78 Å². The molecule has 0 aliphatic heterocycles. The number of hydrogen-bond donors (Lipinski definition) is 1. The molecule has 0 atom stereocenters. The molecule has 4 rings (SSSR count). The number of amides is 1. The second-order valence-electron chi connectivity index (χ2n) is 6.05. The van der Waals surface area contributed by atoms with Crippen molar-refractivity contribution in [2.45, 2.75) is 11.7 Å². The summed E-state index contributed by atoms with van der Waals surface area (Å²) in [7, 11) is 0. The molecule has 2 aromatic heterocycles. The van der Waals surface area contributed by atoms with E-state index in [4.69, 9.17) is 11.6 Å². The minimum Gasteiger partial charge on any atom is -0.310 e. The van der Waals surface area contributed by atoms with Gasteiger partial charge in [-0.3, -0.25) is 4.79 Å². The van der Waals surface area contributed by atoms with Crippen LogP contribution in [-0.2, 0) is 11.3 Å². The molecule has 0 bridgehead atoms. The first-order valence-corrected chi connectivity index (χ1v) is 10.1. The Morgan fingerprint density at radius 1 is 1.10 bits per heavy atom. The zero-order valence-corrected chi connectivity index (χ0v) is 16.7. The fraction of sp³-hybridized carbons (Fsp3) is 0.105. The average Bonchev–Trinajstić information content (AvgIpc) is 3.37. The summed E-state index contributed by atoms with van der Waals surface area (Å²) in [4.78, 5) is 12.4. The van der Waals surface area contributed by atoms with Crippen molar-refractivity contribution < 1.29 is 4.79 Å². The maximum Gasteiger partial charge on any atom is 0.235 e. The van der Waals surface area contributed by atoms with Crippen LogP contribution in [0.3, 0.4) is 0 Å². The van der Waals surface area contributed by atoms with E-state index in [1.165, 1.54) is 11.8 Å². The van der Waals surface area contributed by atoms with Crippen molar-refractivity contribution in [1.82, 2.24) is 30.0 Å². The number of rotatable bonds is 7. The number of carbonyl (C=O) groups is 1. The Balaban J connectivity index is 1.38. The summed E-state index contributed by atoms with van der Waals surface area (Å²) in [6.07, 6.45) is 1.64. The molecular formula is C19H16ClN7OS. The Morgan fingerprint density at radius 2 is 1.97 bits per heavy atom. The number of aromatic nitrogens is 6. The molecule has 29 heavy (non-hydrogen) atoms. The second kappa shape index (κ2) is 8.89. The van der Waals surface area contributed by atoms with Gasteiger partial charge in [0.05, 0.1) is 24.2 Å². The number of thioether (sulfide) groups is 1. The minimum absolute atomic E-state index is 0.162. The number of halogens is 1. The average molecular weight is 426 g/mol. The highest BCUT2D eigenvalue weighted by Gasteiger charge is 2.13. The monoisotopic (exact) mass is 425 g/mol. The number of para-hydroxylation sites is 1. The lowest BCUT2D eigenvalue weighted by molar-refractivity contribution is -0.113. The summed E-state index contributed by atoms with van der Waals surface area (Å²) in [6.45, 7) is 0.503. The van der Waals surface area contributed by atoms with Crippen LogP contribution >= 0.6 is 23.4 Å². The van der Waals surface area contributed by atoms with Gasteiger partial charge in [-0.1, -0.05) is 53.7 Å². The standard InChI is InChI=1S/C19H16ClN7OS/c20-15-6-4-5-14(11-15)12-26-17(9-10-21-26)22-18(28)13-29-19-23-24-25-27(19)16-7-2-1-3-8-16/h1-11H,12-13H2,(H,22,28). The highest BCUT2D eigenvalue weighted by Crippen LogP contribution is 2.19. The topological polar surface area (TPSA) is 90.5 Å². The summed E-state index contributed by atoms with van der Waals surface area (Å²) in [5.74, 6) is 0.596. The molecule has 0 aliphatic rings. The molecule has 1 amide bonds. The molecule has 0 saturated heterocycles. The molecule has 1 N–H and O–H groups in total. The summed E-state index contributed by atoms with van der Waals surface area (Å²) in [6, 6.07) is 18.8. The smallest absolute Gasteiger partial charge is 0.235 e. The third-order valence-electron chi connectivity index (χ3n) is 3.98. The van der Waals surface area contributed by atoms with Crippen molar-refractivity contribution in [3.05, 3.63) is 77.4 Å². The molecule has 146 valence electrons. The van der Waals surface area contributed by atoms with Crippen molar-refractivity contribution in [2.24, 2.45) is 0 Å². The maximum absolute atomic E-state index is 12.4. The van der Waals surface area contributed by atoms with Crippen molar-refractivity contribution >= 4 is 35.1 Å². The van der Waals surface area contributed by atoms with Crippen LogP contribution in [0.2, 0.25) is 5.02 Å². The zero-order chi connectivity index (χ0) is 20.1. The lowest BCUT2D eigenvalue weighted by atomic mass is 10.2. The Bertz CT molecular complexity index is 1110. The molecule has 0 saturated carbocycles. The zero-order valence-electron chi connectivity index (χ0n) is 15.1. The van der Waals surface area contributed by atoms with Gasteiger partial charge in [0, 0.05) is 11.1 Å². The van der Waals surface area contributed by atoms with Gasteiger partial charge in [0.1, 0.15) is 5.82 Å². The highest BCUT2D eigenvalue weighted by molar-refractivity contribution is 7.99. The SMILES string of the molecule is O=C(CSc1nnnn1-c1ccccc1)Nc1ccnn1Cc1cccc(Cl)c1. The van der Waals surface area contributed by atoms with E-state index in [-0.39, 0.29) is 11.7 Å². The van der Waals surface area contributed by atoms with Gasteiger partial charge in [0.2, 0.25) is 11.1 Å². The first-order valence-electron chi connectivity index (χ1n) is 8.72. The molecule has 8 nitrogen and oxygen atoms in total. The van der Waals surface area contributed by atoms with Gasteiger partial charge in [-0.25, -0.2) is 4.68 Å². The predicted octanol–water partition coefficient (Wildman–Crippen LogP) is 3.29. The number of carbonyl (C=O) groups excluding carboxylic acids is 1. The van der Waals surface area contributed by atoms with E-state index in [0.29, 0.717) is 22.5 Å². The Kier molecular flexibility index (Phi) is 5.87. The van der Waals surface area contributed by atoms with Crippen LogP contribution in [0, 0.1) is 0 Å². The molecule has 0 spiro atoms. The van der Waals surface area contributed by atoms with Crippen LogP contribution in [-0.4, -0.2) is 41.6 Å². The third kappa shape index (κ3) is 4.82. The van der Waals surface area contributed by atoms with Gasteiger partial charge in [0.25, 0.3) is 0 Å². The molecule has 0 unspecified atom stereocenters. The van der Waals surface area contributed by atoms with Crippen molar-refractivity contribution in [2.75, 3.05) is 11.1 Å².